The predicted molar refractivity (Wildman–Crippen MR) is 101 cm³/mol. The SMILES string of the molecule is CCCN(CCC)CCCCn1c(C)nc2c1c(=O)n(C)c(=O)n2C. The van der Waals surface area contributed by atoms with E-state index in [0.29, 0.717) is 11.2 Å². The summed E-state index contributed by atoms with van der Waals surface area (Å²) in [7, 11) is 3.18. The van der Waals surface area contributed by atoms with E-state index in [-0.39, 0.29) is 11.2 Å². The molecule has 0 N–H and O–H groups in total. The Labute approximate surface area is 148 Å². The molecule has 0 atom stereocenters. The van der Waals surface area contributed by atoms with E-state index in [9.17, 15) is 9.59 Å². The van der Waals surface area contributed by atoms with E-state index in [1.807, 2.05) is 11.5 Å². The second kappa shape index (κ2) is 8.47. The Morgan fingerprint density at radius 3 is 2.20 bits per heavy atom. The Kier molecular flexibility index (Phi) is 6.58. The molecule has 0 saturated carbocycles. The number of hydrogen-bond donors (Lipinski definition) is 0. The van der Waals surface area contributed by atoms with Gasteiger partial charge in [-0.05, 0) is 52.2 Å². The molecular formula is C18H31N5O2. The molecule has 2 aromatic heterocycles. The van der Waals surface area contributed by atoms with Crippen LogP contribution in [0.4, 0.5) is 0 Å². The molecule has 0 aromatic carbocycles. The highest BCUT2D eigenvalue weighted by atomic mass is 16.2. The second-order valence-corrected chi connectivity index (χ2v) is 6.74. The van der Waals surface area contributed by atoms with E-state index in [0.717, 1.165) is 49.4 Å². The highest BCUT2D eigenvalue weighted by molar-refractivity contribution is 5.70. The Hall–Kier alpha value is -1.89. The first kappa shape index (κ1) is 19.4. The highest BCUT2D eigenvalue weighted by Gasteiger charge is 2.16. The zero-order valence-corrected chi connectivity index (χ0v) is 16.2. The standard InChI is InChI=1S/C18H31N5O2/c1-6-10-22(11-7-2)12-8-9-13-23-14(3)19-16-15(23)17(24)21(5)18(25)20(16)4/h6-13H2,1-5H3. The Morgan fingerprint density at radius 2 is 1.60 bits per heavy atom. The predicted octanol–water partition coefficient (Wildman–Crippen LogP) is 1.64. The van der Waals surface area contributed by atoms with Crippen molar-refractivity contribution in [1.82, 2.24) is 23.6 Å². The average molecular weight is 349 g/mol. The first-order chi connectivity index (χ1) is 11.9. The summed E-state index contributed by atoms with van der Waals surface area (Å²) in [5.41, 5.74) is 0.402. The zero-order chi connectivity index (χ0) is 18.6. The van der Waals surface area contributed by atoms with Gasteiger partial charge >= 0.3 is 5.69 Å². The van der Waals surface area contributed by atoms with Gasteiger partial charge in [-0.3, -0.25) is 13.9 Å². The van der Waals surface area contributed by atoms with Gasteiger partial charge in [-0.25, -0.2) is 9.78 Å². The molecule has 0 spiro atoms. The van der Waals surface area contributed by atoms with Crippen molar-refractivity contribution in [3.63, 3.8) is 0 Å². The van der Waals surface area contributed by atoms with E-state index in [2.05, 4.69) is 23.7 Å². The average Bonchev–Trinajstić information content (AvgIpc) is 2.92. The number of aryl methyl sites for hydroxylation is 3. The van der Waals surface area contributed by atoms with Crippen molar-refractivity contribution in [2.45, 2.75) is 53.0 Å². The van der Waals surface area contributed by atoms with Crippen molar-refractivity contribution in [3.8, 4) is 0 Å². The van der Waals surface area contributed by atoms with Gasteiger partial charge < -0.3 is 9.47 Å². The molecule has 0 amide bonds. The topological polar surface area (TPSA) is 65.1 Å². The zero-order valence-electron chi connectivity index (χ0n) is 16.2. The number of imidazole rings is 1. The molecule has 25 heavy (non-hydrogen) atoms. The van der Waals surface area contributed by atoms with Gasteiger partial charge in [0, 0.05) is 20.6 Å². The van der Waals surface area contributed by atoms with Gasteiger partial charge in [-0.2, -0.15) is 0 Å². The smallest absolute Gasteiger partial charge is 0.322 e. The minimum absolute atomic E-state index is 0.266. The van der Waals surface area contributed by atoms with Crippen molar-refractivity contribution in [1.29, 1.82) is 0 Å². The lowest BCUT2D eigenvalue weighted by molar-refractivity contribution is 0.267. The molecule has 0 bridgehead atoms. The molecule has 0 fully saturated rings. The van der Waals surface area contributed by atoms with Crippen molar-refractivity contribution in [3.05, 3.63) is 26.7 Å². The van der Waals surface area contributed by atoms with Crippen LogP contribution in [0.1, 0.15) is 45.4 Å². The van der Waals surface area contributed by atoms with Crippen LogP contribution < -0.4 is 11.2 Å². The number of hydrogen-bond acceptors (Lipinski definition) is 4. The summed E-state index contributed by atoms with van der Waals surface area (Å²) in [6.45, 7) is 10.4. The van der Waals surface area contributed by atoms with Crippen LogP contribution >= 0.6 is 0 Å². The molecule has 7 heteroatoms. The third-order valence-electron chi connectivity index (χ3n) is 4.72. The van der Waals surface area contributed by atoms with Crippen molar-refractivity contribution in [2.24, 2.45) is 14.1 Å². The van der Waals surface area contributed by atoms with E-state index >= 15 is 0 Å². The molecule has 0 unspecified atom stereocenters. The lowest BCUT2D eigenvalue weighted by Gasteiger charge is -2.20. The number of fused-ring (bicyclic) bond motifs is 1. The molecule has 0 radical (unpaired) electrons. The minimum Gasteiger partial charge on any atom is -0.322 e. The molecule has 0 aliphatic carbocycles. The Bertz CT molecular complexity index is 825. The maximum atomic E-state index is 12.5. The molecule has 140 valence electrons. The lowest BCUT2D eigenvalue weighted by Crippen LogP contribution is -2.37. The lowest BCUT2D eigenvalue weighted by atomic mass is 10.2. The van der Waals surface area contributed by atoms with E-state index in [4.69, 9.17) is 0 Å². The first-order valence-corrected chi connectivity index (χ1v) is 9.27. The van der Waals surface area contributed by atoms with E-state index < -0.39 is 0 Å². The van der Waals surface area contributed by atoms with Gasteiger partial charge in [0.05, 0.1) is 0 Å². The summed E-state index contributed by atoms with van der Waals surface area (Å²) < 4.78 is 4.57. The van der Waals surface area contributed by atoms with Gasteiger partial charge in [0.15, 0.2) is 11.2 Å². The summed E-state index contributed by atoms with van der Waals surface area (Å²) in [4.78, 5) is 31.5. The molecule has 2 aromatic rings. The third-order valence-corrected chi connectivity index (χ3v) is 4.72. The molecular weight excluding hydrogens is 318 g/mol. The number of rotatable bonds is 9. The first-order valence-electron chi connectivity index (χ1n) is 9.27. The molecule has 2 heterocycles. The fourth-order valence-corrected chi connectivity index (χ4v) is 3.40. The largest absolute Gasteiger partial charge is 0.332 e. The van der Waals surface area contributed by atoms with Gasteiger partial charge in [0.2, 0.25) is 0 Å². The van der Waals surface area contributed by atoms with Gasteiger partial charge in [-0.1, -0.05) is 13.8 Å². The van der Waals surface area contributed by atoms with Crippen LogP contribution in [0.15, 0.2) is 9.59 Å². The molecule has 0 saturated heterocycles. The molecule has 2 rings (SSSR count). The van der Waals surface area contributed by atoms with Crippen molar-refractivity contribution < 1.29 is 0 Å². The monoisotopic (exact) mass is 349 g/mol. The quantitative estimate of drug-likeness (QED) is 0.646. The van der Waals surface area contributed by atoms with Gasteiger partial charge in [-0.15, -0.1) is 0 Å². The van der Waals surface area contributed by atoms with E-state index in [1.165, 1.54) is 24.5 Å². The van der Waals surface area contributed by atoms with Gasteiger partial charge in [0.25, 0.3) is 5.56 Å². The highest BCUT2D eigenvalue weighted by Crippen LogP contribution is 2.12. The van der Waals surface area contributed by atoms with Crippen LogP contribution in [-0.4, -0.2) is 43.2 Å². The summed E-state index contributed by atoms with van der Waals surface area (Å²) in [6, 6.07) is 0. The van der Waals surface area contributed by atoms with Crippen molar-refractivity contribution >= 4 is 11.2 Å². The summed E-state index contributed by atoms with van der Waals surface area (Å²) in [5, 5.41) is 0. The molecule has 0 aliphatic heterocycles. The summed E-state index contributed by atoms with van der Waals surface area (Å²) >= 11 is 0. The normalized spacial score (nSPS) is 11.8. The number of aromatic nitrogens is 4. The van der Waals surface area contributed by atoms with Crippen LogP contribution in [0.25, 0.3) is 11.2 Å². The maximum absolute atomic E-state index is 12.5. The second-order valence-electron chi connectivity index (χ2n) is 6.74. The van der Waals surface area contributed by atoms with Crippen LogP contribution in [0, 0.1) is 6.92 Å². The Morgan fingerprint density at radius 1 is 0.960 bits per heavy atom. The third kappa shape index (κ3) is 4.03. The Balaban J connectivity index is 2.15. The number of unbranched alkanes of at least 4 members (excludes halogenated alkanes) is 1. The van der Waals surface area contributed by atoms with Crippen molar-refractivity contribution in [2.75, 3.05) is 19.6 Å². The fraction of sp³-hybridized carbons (Fsp3) is 0.722. The van der Waals surface area contributed by atoms with E-state index in [1.54, 1.807) is 7.05 Å². The minimum atomic E-state index is -0.336. The van der Waals surface area contributed by atoms with Gasteiger partial charge in [0.1, 0.15) is 5.82 Å². The van der Waals surface area contributed by atoms with Crippen LogP contribution in [0.2, 0.25) is 0 Å². The fourth-order valence-electron chi connectivity index (χ4n) is 3.40. The van der Waals surface area contributed by atoms with Crippen LogP contribution in [-0.2, 0) is 20.6 Å². The molecule has 0 aliphatic rings. The van der Waals surface area contributed by atoms with Crippen LogP contribution in [0.3, 0.4) is 0 Å². The number of nitrogens with zero attached hydrogens (tertiary/aromatic N) is 5. The summed E-state index contributed by atoms with van der Waals surface area (Å²) in [6.07, 6.45) is 4.43. The maximum Gasteiger partial charge on any atom is 0.332 e. The molecule has 7 nitrogen and oxygen atoms in total. The van der Waals surface area contributed by atoms with Crippen LogP contribution in [0.5, 0.6) is 0 Å². The summed E-state index contributed by atoms with van der Waals surface area (Å²) in [5.74, 6) is 0.785.